The normalized spacial score (nSPS) is 10.2. The van der Waals surface area contributed by atoms with Gasteiger partial charge in [-0.05, 0) is 43.7 Å². The smallest absolute Gasteiger partial charge is 0.411 e. The lowest BCUT2D eigenvalue weighted by Crippen LogP contribution is -2.11. The Labute approximate surface area is 134 Å². The zero-order chi connectivity index (χ0) is 16.1. The molecule has 1 aromatic heterocycles. The van der Waals surface area contributed by atoms with Gasteiger partial charge in [-0.3, -0.25) is 5.32 Å². The Bertz CT molecular complexity index is 689. The molecule has 0 spiro atoms. The van der Waals surface area contributed by atoms with E-state index in [9.17, 15) is 4.79 Å². The second-order valence-corrected chi connectivity index (χ2v) is 5.14. The lowest BCUT2D eigenvalue weighted by atomic mass is 10.2. The van der Waals surface area contributed by atoms with E-state index >= 15 is 0 Å². The van der Waals surface area contributed by atoms with Gasteiger partial charge in [0.15, 0.2) is 0 Å². The molecule has 22 heavy (non-hydrogen) atoms. The molecule has 0 aliphatic carbocycles. The van der Waals surface area contributed by atoms with Gasteiger partial charge in [0.05, 0.1) is 7.11 Å². The first-order valence-electron chi connectivity index (χ1n) is 6.70. The number of carbonyl (C=O) groups excluding carboxylic acids is 1. The summed E-state index contributed by atoms with van der Waals surface area (Å²) in [6, 6.07) is 9.15. The highest BCUT2D eigenvalue weighted by Gasteiger charge is 2.07. The van der Waals surface area contributed by atoms with Crippen molar-refractivity contribution in [2.24, 2.45) is 0 Å². The maximum Gasteiger partial charge on any atom is 0.411 e. The number of benzene rings is 1. The zero-order valence-electron chi connectivity index (χ0n) is 12.6. The number of halogens is 1. The molecular weight excluding hydrogens is 304 g/mol. The van der Waals surface area contributed by atoms with Crippen molar-refractivity contribution in [1.29, 1.82) is 0 Å². The molecule has 116 valence electrons. The highest BCUT2D eigenvalue weighted by Crippen LogP contribution is 2.23. The van der Waals surface area contributed by atoms with Gasteiger partial charge in [0.25, 0.3) is 0 Å². The van der Waals surface area contributed by atoms with Crippen LogP contribution in [0.25, 0.3) is 0 Å². The number of hydrogen-bond donors (Lipinski definition) is 1. The minimum atomic E-state index is -0.505. The number of methoxy groups -OCH3 is 1. The Kier molecular flexibility index (Phi) is 5.22. The van der Waals surface area contributed by atoms with Crippen LogP contribution in [-0.2, 0) is 11.3 Å². The summed E-state index contributed by atoms with van der Waals surface area (Å²) >= 11 is 6.07. The lowest BCUT2D eigenvalue weighted by Gasteiger charge is -2.11. The van der Waals surface area contributed by atoms with Gasteiger partial charge in [0, 0.05) is 16.9 Å². The van der Waals surface area contributed by atoms with Gasteiger partial charge in [-0.25, -0.2) is 9.78 Å². The number of amides is 1. The minimum absolute atomic E-state index is 0.329. The molecule has 2 rings (SSSR count). The van der Waals surface area contributed by atoms with E-state index in [1.807, 2.05) is 32.0 Å². The molecule has 2 aromatic rings. The summed E-state index contributed by atoms with van der Waals surface area (Å²) in [6.45, 7) is 4.08. The molecule has 0 fully saturated rings. The van der Waals surface area contributed by atoms with Gasteiger partial charge < -0.3 is 9.47 Å². The number of aromatic nitrogens is 1. The number of nitrogens with zero attached hydrogens (tertiary/aromatic N) is 1. The van der Waals surface area contributed by atoms with E-state index in [4.69, 9.17) is 16.3 Å². The summed E-state index contributed by atoms with van der Waals surface area (Å²) in [5, 5.41) is 3.07. The highest BCUT2D eigenvalue weighted by molar-refractivity contribution is 6.30. The molecule has 5 nitrogen and oxygen atoms in total. The number of ether oxygens (including phenoxy) is 2. The third-order valence-corrected chi connectivity index (χ3v) is 3.41. The number of nitrogens with one attached hydrogen (secondary N) is 1. The quantitative estimate of drug-likeness (QED) is 0.861. The van der Waals surface area contributed by atoms with Gasteiger partial charge in [-0.15, -0.1) is 0 Å². The molecule has 0 radical (unpaired) electrons. The third kappa shape index (κ3) is 4.11. The first kappa shape index (κ1) is 16.1. The number of pyridine rings is 1. The average Bonchev–Trinajstić information content (AvgIpc) is 2.48. The van der Waals surface area contributed by atoms with Crippen molar-refractivity contribution < 1.29 is 14.3 Å². The molecule has 0 aliphatic heterocycles. The number of carbonyl (C=O) groups is 1. The number of rotatable bonds is 4. The van der Waals surface area contributed by atoms with Crippen molar-refractivity contribution >= 4 is 23.4 Å². The van der Waals surface area contributed by atoms with E-state index in [1.165, 1.54) is 7.11 Å². The van der Waals surface area contributed by atoms with Crippen molar-refractivity contribution in [3.63, 3.8) is 0 Å². The van der Waals surface area contributed by atoms with E-state index in [1.54, 1.807) is 12.1 Å². The second-order valence-electron chi connectivity index (χ2n) is 4.78. The molecule has 0 saturated carbocycles. The van der Waals surface area contributed by atoms with E-state index in [2.05, 4.69) is 15.0 Å². The minimum Gasteiger partial charge on any atom is -0.489 e. The van der Waals surface area contributed by atoms with E-state index in [0.29, 0.717) is 23.2 Å². The Morgan fingerprint density at radius 2 is 2.05 bits per heavy atom. The van der Waals surface area contributed by atoms with Gasteiger partial charge in [0.2, 0.25) is 0 Å². The van der Waals surface area contributed by atoms with Crippen molar-refractivity contribution in [1.82, 2.24) is 4.98 Å². The SMILES string of the molecule is COC(=O)Nc1ccc(OCc2ccc(C)nc2Cl)cc1C. The molecule has 0 aliphatic rings. The van der Waals surface area contributed by atoms with Gasteiger partial charge >= 0.3 is 6.09 Å². The molecule has 0 saturated heterocycles. The Hall–Kier alpha value is -2.27. The number of hydrogen-bond acceptors (Lipinski definition) is 4. The van der Waals surface area contributed by atoms with Gasteiger partial charge in [0.1, 0.15) is 17.5 Å². The standard InChI is InChI=1S/C16H17ClN2O3/c1-10-8-13(6-7-14(10)19-16(20)21-3)22-9-12-5-4-11(2)18-15(12)17/h4-8H,9H2,1-3H3,(H,19,20). The molecule has 1 aromatic carbocycles. The first-order chi connectivity index (χ1) is 10.5. The van der Waals surface area contributed by atoms with Crippen LogP contribution in [0.3, 0.4) is 0 Å². The van der Waals surface area contributed by atoms with Crippen LogP contribution >= 0.6 is 11.6 Å². The topological polar surface area (TPSA) is 60.5 Å². The number of anilines is 1. The second kappa shape index (κ2) is 7.13. The Balaban J connectivity index is 2.04. The fraction of sp³-hybridized carbons (Fsp3) is 0.250. The Morgan fingerprint density at radius 1 is 1.27 bits per heavy atom. The molecule has 0 unspecified atom stereocenters. The van der Waals surface area contributed by atoms with Crippen molar-refractivity contribution in [3.8, 4) is 5.75 Å². The van der Waals surface area contributed by atoms with E-state index in [-0.39, 0.29) is 0 Å². The predicted octanol–water partition coefficient (Wildman–Crippen LogP) is 4.11. The molecule has 1 heterocycles. The van der Waals surface area contributed by atoms with Crippen LogP contribution in [0, 0.1) is 13.8 Å². The molecule has 0 atom stereocenters. The summed E-state index contributed by atoms with van der Waals surface area (Å²) in [7, 11) is 1.32. The van der Waals surface area contributed by atoms with Crippen LogP contribution in [0.5, 0.6) is 5.75 Å². The summed E-state index contributed by atoms with van der Waals surface area (Å²) in [4.78, 5) is 15.4. The lowest BCUT2D eigenvalue weighted by molar-refractivity contribution is 0.187. The molecular formula is C16H17ClN2O3. The summed E-state index contributed by atoms with van der Waals surface area (Å²) in [5.41, 5.74) is 3.23. The van der Waals surface area contributed by atoms with Crippen molar-refractivity contribution in [2.75, 3.05) is 12.4 Å². The zero-order valence-corrected chi connectivity index (χ0v) is 13.4. The fourth-order valence-electron chi connectivity index (χ4n) is 1.85. The predicted molar refractivity (Wildman–Crippen MR) is 85.5 cm³/mol. The molecule has 0 bridgehead atoms. The summed E-state index contributed by atoms with van der Waals surface area (Å²) < 4.78 is 10.3. The van der Waals surface area contributed by atoms with Crippen LogP contribution < -0.4 is 10.1 Å². The highest BCUT2D eigenvalue weighted by atomic mass is 35.5. The van der Waals surface area contributed by atoms with E-state index < -0.39 is 6.09 Å². The maximum absolute atomic E-state index is 11.2. The first-order valence-corrected chi connectivity index (χ1v) is 7.08. The van der Waals surface area contributed by atoms with Crippen molar-refractivity contribution in [3.05, 3.63) is 52.3 Å². The summed E-state index contributed by atoms with van der Waals surface area (Å²) in [6.07, 6.45) is -0.505. The summed E-state index contributed by atoms with van der Waals surface area (Å²) in [5.74, 6) is 0.685. The number of aryl methyl sites for hydroxylation is 2. The van der Waals surface area contributed by atoms with Crippen LogP contribution in [0.1, 0.15) is 16.8 Å². The van der Waals surface area contributed by atoms with Crippen LogP contribution in [0.4, 0.5) is 10.5 Å². The van der Waals surface area contributed by atoms with Crippen molar-refractivity contribution in [2.45, 2.75) is 20.5 Å². The molecule has 1 N–H and O–H groups in total. The largest absolute Gasteiger partial charge is 0.489 e. The van der Waals surface area contributed by atoms with Crippen LogP contribution in [-0.4, -0.2) is 18.2 Å². The van der Waals surface area contributed by atoms with Gasteiger partial charge in [-0.2, -0.15) is 0 Å². The maximum atomic E-state index is 11.2. The van der Waals surface area contributed by atoms with Crippen LogP contribution in [0.2, 0.25) is 5.15 Å². The fourth-order valence-corrected chi connectivity index (χ4v) is 2.10. The van der Waals surface area contributed by atoms with Gasteiger partial charge in [-0.1, -0.05) is 17.7 Å². The Morgan fingerprint density at radius 3 is 2.68 bits per heavy atom. The van der Waals surface area contributed by atoms with E-state index in [0.717, 1.165) is 16.8 Å². The average molecular weight is 321 g/mol. The molecule has 1 amide bonds. The van der Waals surface area contributed by atoms with Crippen LogP contribution in [0.15, 0.2) is 30.3 Å². The molecule has 6 heteroatoms. The third-order valence-electron chi connectivity index (χ3n) is 3.08. The monoisotopic (exact) mass is 320 g/mol.